The van der Waals surface area contributed by atoms with Gasteiger partial charge in [-0.05, 0) is 0 Å². The second kappa shape index (κ2) is 13.7. The van der Waals surface area contributed by atoms with Crippen LogP contribution in [0.1, 0.15) is 0 Å². The first-order valence-corrected chi connectivity index (χ1v) is 7.33. The van der Waals surface area contributed by atoms with Gasteiger partial charge >= 0.3 is 91.8 Å². The van der Waals surface area contributed by atoms with Crippen molar-refractivity contribution in [3.05, 3.63) is 0 Å². The first kappa shape index (κ1) is 28.0. The molecule has 0 N–H and O–H groups in total. The number of alkyl halides is 1. The van der Waals surface area contributed by atoms with Crippen LogP contribution < -0.4 is 0 Å². The summed E-state index contributed by atoms with van der Waals surface area (Å²) in [6.45, 7) is 0. The van der Waals surface area contributed by atoms with Gasteiger partial charge in [0.1, 0.15) is 0 Å². The quantitative estimate of drug-likeness (QED) is 0.226. The van der Waals surface area contributed by atoms with Crippen molar-refractivity contribution in [3.63, 3.8) is 0 Å². The Morgan fingerprint density at radius 1 is 0.556 bits per heavy atom. The Morgan fingerprint density at radius 3 is 0.556 bits per heavy atom. The monoisotopic (exact) mass is 441 g/mol. The minimum absolute atomic E-state index is 1.09. The molecule has 0 fully saturated rings. The van der Waals surface area contributed by atoms with E-state index in [4.69, 9.17) is 0 Å². The second-order valence-corrected chi connectivity index (χ2v) is 8.88. The van der Waals surface area contributed by atoms with Crippen LogP contribution in [0.3, 0.4) is 0 Å². The van der Waals surface area contributed by atoms with Gasteiger partial charge in [0.15, 0.2) is 0 Å². The van der Waals surface area contributed by atoms with Crippen LogP contribution in [0.25, 0.3) is 0 Å². The Labute approximate surface area is 142 Å². The number of halogens is 13. The van der Waals surface area contributed by atoms with Crippen molar-refractivity contribution >= 4 is 93.3 Å². The molecule has 0 aromatic rings. The molecule has 18 heavy (non-hydrogen) atoms. The third kappa shape index (κ3) is 1670. The van der Waals surface area contributed by atoms with E-state index < -0.39 is 21.8 Å². The minimum atomic E-state index is -6.00. The van der Waals surface area contributed by atoms with E-state index in [9.17, 15) is 51.8 Å². The zero-order valence-corrected chi connectivity index (χ0v) is 13.6. The van der Waals surface area contributed by atoms with Gasteiger partial charge < -0.3 is 51.8 Å². The van der Waals surface area contributed by atoms with E-state index in [1.807, 2.05) is 0 Å². The summed E-state index contributed by atoms with van der Waals surface area (Å²) in [6, 6.07) is 0. The fraction of sp³-hybridized carbons (Fsp3) is 1.00. The average Bonchev–Trinajstić information content (AvgIpc) is 1.71. The molecule has 0 aliphatic rings. The zero-order chi connectivity index (χ0) is 16.2. The van der Waals surface area contributed by atoms with E-state index in [-0.39, 0.29) is 0 Å². The molecule has 0 unspecified atom stereocenters. The van der Waals surface area contributed by atoms with E-state index >= 15 is 0 Å². The molecule has 0 radical (unpaired) electrons. The van der Waals surface area contributed by atoms with Crippen molar-refractivity contribution in [3.8, 4) is 0 Å². The van der Waals surface area contributed by atoms with Crippen molar-refractivity contribution < 1.29 is 51.8 Å². The number of hydrogen-bond donors (Lipinski definition) is 0. The van der Waals surface area contributed by atoms with Gasteiger partial charge in [0.05, 0.1) is 0 Å². The van der Waals surface area contributed by atoms with Gasteiger partial charge in [-0.15, -0.1) is 0 Å². The van der Waals surface area contributed by atoms with Crippen molar-refractivity contribution in [2.45, 2.75) is 0 Å². The SMILES string of the molecule is F[B-](F)(F)F.F[B-](F)(F)F.F[B-](F)(F)F.[K][CH2]I. The standard InChI is InChI=1S/CH2I.3BF4.K/c1-2;3*2-1(3,4)5;/h1H2;;;;/q;3*-1;. The number of hydrogen-bond acceptors (Lipinski definition) is 0. The van der Waals surface area contributed by atoms with Gasteiger partial charge in [0.2, 0.25) is 0 Å². The maximum absolute atomic E-state index is 9.75. The van der Waals surface area contributed by atoms with Crippen molar-refractivity contribution in [2.75, 3.05) is -1.48 Å². The molecule has 0 saturated heterocycles. The summed E-state index contributed by atoms with van der Waals surface area (Å²) in [7, 11) is -18.0. The molecule has 0 bridgehead atoms. The summed E-state index contributed by atoms with van der Waals surface area (Å²) in [5, 5.41) is 0. The van der Waals surface area contributed by atoms with Crippen LogP contribution in [-0.4, -0.2) is 69.2 Å². The molecule has 0 saturated carbocycles. The van der Waals surface area contributed by atoms with Crippen LogP contribution in [0.2, 0.25) is 0 Å². The third-order valence-electron chi connectivity index (χ3n) is 0. The third-order valence-corrected chi connectivity index (χ3v) is 0. The average molecular weight is 440 g/mol. The van der Waals surface area contributed by atoms with Gasteiger partial charge in [0.25, 0.3) is 0 Å². The van der Waals surface area contributed by atoms with Gasteiger partial charge in [-0.2, -0.15) is 0 Å². The van der Waals surface area contributed by atoms with E-state index in [0.717, 1.165) is 49.0 Å². The van der Waals surface area contributed by atoms with Crippen LogP contribution in [-0.2, 0) is 0 Å². The molecule has 0 aromatic heterocycles. The molecule has 0 aliphatic carbocycles. The van der Waals surface area contributed by atoms with Crippen LogP contribution in [0.5, 0.6) is 0 Å². The Morgan fingerprint density at radius 2 is 0.556 bits per heavy atom. The molecular formula is CH2B3F12IK-3. The summed E-state index contributed by atoms with van der Waals surface area (Å²) in [5.41, 5.74) is 0. The molecular weight excluding hydrogens is 438 g/mol. The molecule has 0 amide bonds. The van der Waals surface area contributed by atoms with Crippen molar-refractivity contribution in [1.82, 2.24) is 0 Å². The van der Waals surface area contributed by atoms with Crippen LogP contribution in [0, 0.1) is 0 Å². The predicted molar refractivity (Wildman–Crippen MR) is 55.2 cm³/mol. The van der Waals surface area contributed by atoms with Crippen LogP contribution in [0.4, 0.5) is 51.8 Å². The van der Waals surface area contributed by atoms with Crippen molar-refractivity contribution in [2.24, 2.45) is 0 Å². The molecule has 0 aliphatic heterocycles. The van der Waals surface area contributed by atoms with Crippen LogP contribution in [0.15, 0.2) is 0 Å². The first-order valence-electron chi connectivity index (χ1n) is 3.59. The van der Waals surface area contributed by atoms with Gasteiger partial charge in [-0.1, -0.05) is 0 Å². The first-order chi connectivity index (χ1) is 7.41. The molecule has 0 spiro atoms. The second-order valence-electron chi connectivity index (χ2n) is 1.75. The Kier molecular flexibility index (Phi) is 21.3. The molecule has 17 heteroatoms. The normalized spacial score (nSPS) is 11.1. The molecule has 0 rings (SSSR count). The Bertz CT molecular complexity index is 114. The zero-order valence-electron chi connectivity index (χ0n) is 8.35. The molecule has 0 atom stereocenters. The van der Waals surface area contributed by atoms with E-state index in [1.165, 1.54) is -1.48 Å². The van der Waals surface area contributed by atoms with Gasteiger partial charge in [-0.25, -0.2) is 0 Å². The van der Waals surface area contributed by atoms with Crippen molar-refractivity contribution in [1.29, 1.82) is 0 Å². The van der Waals surface area contributed by atoms with E-state index in [2.05, 4.69) is 22.6 Å². The predicted octanol–water partition coefficient (Wildman–Crippen LogP) is 4.45. The number of rotatable bonds is 0. The molecule has 0 nitrogen and oxygen atoms in total. The summed E-state index contributed by atoms with van der Waals surface area (Å²) >= 11 is 3.46. The van der Waals surface area contributed by atoms with E-state index in [1.54, 1.807) is 0 Å². The maximum atomic E-state index is 9.75. The Hall–Kier alpha value is 1.72. The van der Waals surface area contributed by atoms with Gasteiger partial charge in [-0.3, -0.25) is 0 Å². The molecule has 0 heterocycles. The van der Waals surface area contributed by atoms with Crippen LogP contribution >= 0.6 is 22.6 Å². The fourth-order valence-electron chi connectivity index (χ4n) is 0. The summed E-state index contributed by atoms with van der Waals surface area (Å²) in [5.74, 6) is 0. The van der Waals surface area contributed by atoms with Gasteiger partial charge in [0, 0.05) is 0 Å². The summed E-state index contributed by atoms with van der Waals surface area (Å²) in [6.07, 6.45) is 0. The van der Waals surface area contributed by atoms with E-state index in [0.29, 0.717) is 0 Å². The summed E-state index contributed by atoms with van der Waals surface area (Å²) in [4.78, 5) is 0. The molecule has 0 aromatic carbocycles. The summed E-state index contributed by atoms with van der Waals surface area (Å²) < 4.78 is 118. The topological polar surface area (TPSA) is 0 Å². The molecule has 110 valence electrons. The fourth-order valence-corrected chi connectivity index (χ4v) is 0. The Balaban J connectivity index is -0.0000000739.